The van der Waals surface area contributed by atoms with Gasteiger partial charge in [0.1, 0.15) is 6.10 Å². The van der Waals surface area contributed by atoms with Crippen LogP contribution in [0.25, 0.3) is 0 Å². The van der Waals surface area contributed by atoms with Crippen molar-refractivity contribution in [2.75, 3.05) is 11.9 Å². The summed E-state index contributed by atoms with van der Waals surface area (Å²) in [6.45, 7) is 0.524. The molecule has 0 amide bonds. The van der Waals surface area contributed by atoms with Gasteiger partial charge in [-0.1, -0.05) is 44.0 Å². The smallest absolute Gasteiger partial charge is 0.153 e. The van der Waals surface area contributed by atoms with E-state index in [1.165, 1.54) is 0 Å². The monoisotopic (exact) mass is 320 g/mol. The Labute approximate surface area is 99.9 Å². The van der Waals surface area contributed by atoms with Crippen molar-refractivity contribution in [1.29, 1.82) is 0 Å². The van der Waals surface area contributed by atoms with E-state index in [4.69, 9.17) is 4.74 Å². The highest BCUT2D eigenvalue weighted by Gasteiger charge is 2.09. The first kappa shape index (κ1) is 11.9. The first-order valence-corrected chi connectivity index (χ1v) is 6.07. The van der Waals surface area contributed by atoms with Crippen LogP contribution in [0.5, 0.6) is 0 Å². The van der Waals surface area contributed by atoms with Gasteiger partial charge in [0.2, 0.25) is 0 Å². The van der Waals surface area contributed by atoms with Crippen LogP contribution >= 0.6 is 31.9 Å². The summed E-state index contributed by atoms with van der Waals surface area (Å²) in [4.78, 5) is 10.8. The second kappa shape index (κ2) is 6.32. The van der Waals surface area contributed by atoms with Gasteiger partial charge in [0.25, 0.3) is 0 Å². The molecule has 2 nitrogen and oxygen atoms in total. The molecule has 1 atom stereocenters. The molecule has 0 bridgehead atoms. The molecule has 4 heteroatoms. The molecule has 0 fully saturated rings. The molecule has 1 aromatic carbocycles. The molecule has 0 aromatic heterocycles. The molecule has 1 unspecified atom stereocenters. The number of halogens is 2. The van der Waals surface area contributed by atoms with Gasteiger partial charge in [0, 0.05) is 9.80 Å². The summed E-state index contributed by atoms with van der Waals surface area (Å²) >= 11 is 6.59. The molecular formula is C10H10Br2O2. The van der Waals surface area contributed by atoms with Crippen LogP contribution in [0.3, 0.4) is 0 Å². The van der Waals surface area contributed by atoms with E-state index in [1.807, 2.05) is 24.3 Å². The highest BCUT2D eigenvalue weighted by Crippen LogP contribution is 2.19. The summed E-state index contributed by atoms with van der Waals surface area (Å²) in [5.41, 5.74) is 0.871. The third kappa shape index (κ3) is 3.52. The Morgan fingerprint density at radius 1 is 1.50 bits per heavy atom. The fraction of sp³-hybridized carbons (Fsp3) is 0.300. The highest BCUT2D eigenvalue weighted by molar-refractivity contribution is 9.10. The topological polar surface area (TPSA) is 26.3 Å². The van der Waals surface area contributed by atoms with E-state index in [1.54, 1.807) is 0 Å². The molecule has 0 saturated carbocycles. The second-order valence-corrected chi connectivity index (χ2v) is 4.38. The van der Waals surface area contributed by atoms with E-state index in [-0.39, 0.29) is 0 Å². The molecule has 0 spiro atoms. The number of carbonyl (C=O) groups excluding carboxylic acids is 1. The zero-order valence-corrected chi connectivity index (χ0v) is 10.6. The summed E-state index contributed by atoms with van der Waals surface area (Å²) in [6.07, 6.45) is 0.342. The SMILES string of the molecule is O=CC(OCCBr)c1cccc(Br)c1. The van der Waals surface area contributed by atoms with Crippen molar-refractivity contribution < 1.29 is 9.53 Å². The summed E-state index contributed by atoms with van der Waals surface area (Å²) < 4.78 is 6.29. The molecular weight excluding hydrogens is 312 g/mol. The number of alkyl halides is 1. The lowest BCUT2D eigenvalue weighted by atomic mass is 10.1. The van der Waals surface area contributed by atoms with Crippen LogP contribution < -0.4 is 0 Å². The number of carbonyl (C=O) groups is 1. The molecule has 0 saturated heterocycles. The zero-order valence-electron chi connectivity index (χ0n) is 7.45. The van der Waals surface area contributed by atoms with Crippen LogP contribution in [0.4, 0.5) is 0 Å². The van der Waals surface area contributed by atoms with Crippen molar-refractivity contribution in [3.8, 4) is 0 Å². The lowest BCUT2D eigenvalue weighted by Crippen LogP contribution is -2.07. The van der Waals surface area contributed by atoms with Crippen LogP contribution in [0.2, 0.25) is 0 Å². The normalized spacial score (nSPS) is 12.4. The first-order valence-electron chi connectivity index (χ1n) is 4.16. The molecule has 1 aromatic rings. The maximum absolute atomic E-state index is 10.8. The summed E-state index contributed by atoms with van der Waals surface area (Å²) in [7, 11) is 0. The number of rotatable bonds is 5. The fourth-order valence-electron chi connectivity index (χ4n) is 1.07. The first-order chi connectivity index (χ1) is 6.77. The van der Waals surface area contributed by atoms with Gasteiger partial charge in [-0.05, 0) is 17.7 Å². The minimum atomic E-state index is -0.468. The Balaban J connectivity index is 2.73. The van der Waals surface area contributed by atoms with Crippen molar-refractivity contribution in [2.45, 2.75) is 6.10 Å². The quantitative estimate of drug-likeness (QED) is 0.615. The van der Waals surface area contributed by atoms with Gasteiger partial charge in [-0.15, -0.1) is 0 Å². The molecule has 0 aliphatic heterocycles. The van der Waals surface area contributed by atoms with Crippen LogP contribution in [0.1, 0.15) is 11.7 Å². The van der Waals surface area contributed by atoms with Gasteiger partial charge in [-0.3, -0.25) is 0 Å². The molecule has 0 radical (unpaired) electrons. The van der Waals surface area contributed by atoms with Gasteiger partial charge in [-0.25, -0.2) is 0 Å². The fourth-order valence-corrected chi connectivity index (χ4v) is 1.67. The van der Waals surface area contributed by atoms with Crippen molar-refractivity contribution in [3.63, 3.8) is 0 Å². The molecule has 0 aliphatic rings. The van der Waals surface area contributed by atoms with Crippen LogP contribution in [0, 0.1) is 0 Å². The van der Waals surface area contributed by atoms with Crippen molar-refractivity contribution in [1.82, 2.24) is 0 Å². The third-order valence-corrected chi connectivity index (χ3v) is 2.49. The highest BCUT2D eigenvalue weighted by atomic mass is 79.9. The number of ether oxygens (including phenoxy) is 1. The minimum absolute atomic E-state index is 0.468. The molecule has 1 rings (SSSR count). The molecule has 76 valence electrons. The van der Waals surface area contributed by atoms with E-state index >= 15 is 0 Å². The van der Waals surface area contributed by atoms with Crippen molar-refractivity contribution >= 4 is 38.1 Å². The standard InChI is InChI=1S/C10H10Br2O2/c11-4-5-14-10(7-13)8-2-1-3-9(12)6-8/h1-3,6-7,10H,4-5H2. The van der Waals surface area contributed by atoms with Crippen molar-refractivity contribution in [3.05, 3.63) is 34.3 Å². The van der Waals surface area contributed by atoms with Crippen LogP contribution in [0.15, 0.2) is 28.7 Å². The summed E-state index contributed by atoms with van der Waals surface area (Å²) in [6, 6.07) is 7.55. The number of hydrogen-bond acceptors (Lipinski definition) is 2. The van der Waals surface area contributed by atoms with Gasteiger partial charge < -0.3 is 9.53 Å². The van der Waals surface area contributed by atoms with Gasteiger partial charge in [-0.2, -0.15) is 0 Å². The average Bonchev–Trinajstić information content (AvgIpc) is 2.19. The Morgan fingerprint density at radius 3 is 2.86 bits per heavy atom. The van der Waals surface area contributed by atoms with Gasteiger partial charge >= 0.3 is 0 Å². The van der Waals surface area contributed by atoms with Crippen LogP contribution in [-0.2, 0) is 9.53 Å². The minimum Gasteiger partial charge on any atom is -0.365 e. The number of hydrogen-bond donors (Lipinski definition) is 0. The average molecular weight is 322 g/mol. The van der Waals surface area contributed by atoms with Crippen molar-refractivity contribution in [2.24, 2.45) is 0 Å². The van der Waals surface area contributed by atoms with Gasteiger partial charge in [0.05, 0.1) is 6.61 Å². The Bertz CT molecular complexity index is 302. The maximum atomic E-state index is 10.8. The molecule has 0 N–H and O–H groups in total. The van der Waals surface area contributed by atoms with Crippen LogP contribution in [-0.4, -0.2) is 18.2 Å². The lowest BCUT2D eigenvalue weighted by Gasteiger charge is -2.11. The third-order valence-electron chi connectivity index (χ3n) is 1.68. The maximum Gasteiger partial charge on any atom is 0.153 e. The van der Waals surface area contributed by atoms with E-state index in [9.17, 15) is 4.79 Å². The van der Waals surface area contributed by atoms with Gasteiger partial charge in [0.15, 0.2) is 6.29 Å². The molecule has 14 heavy (non-hydrogen) atoms. The Hall–Kier alpha value is -0.190. The zero-order chi connectivity index (χ0) is 10.4. The predicted molar refractivity (Wildman–Crippen MR) is 62.7 cm³/mol. The van der Waals surface area contributed by atoms with E-state index in [0.717, 1.165) is 21.7 Å². The molecule has 0 aliphatic carbocycles. The number of aldehydes is 1. The van der Waals surface area contributed by atoms with E-state index in [0.29, 0.717) is 6.61 Å². The lowest BCUT2D eigenvalue weighted by molar-refractivity contribution is -0.118. The summed E-state index contributed by atoms with van der Waals surface area (Å²) in [5.74, 6) is 0. The number of benzene rings is 1. The second-order valence-electron chi connectivity index (χ2n) is 2.67. The predicted octanol–water partition coefficient (Wildman–Crippen LogP) is 3.10. The van der Waals surface area contributed by atoms with E-state index in [2.05, 4.69) is 31.9 Å². The van der Waals surface area contributed by atoms with E-state index < -0.39 is 6.10 Å². The molecule has 0 heterocycles. The Morgan fingerprint density at radius 2 is 2.29 bits per heavy atom. The largest absolute Gasteiger partial charge is 0.365 e. The Kier molecular flexibility index (Phi) is 5.37. The summed E-state index contributed by atoms with van der Waals surface area (Å²) in [5, 5.41) is 0.728.